The molecule has 0 saturated heterocycles. The standard InChI is InChI=1S/C30H26FN3O2/c31-24-15-13-22(14-16-24)20-34-28(26-11-4-5-12-27(26)30(34)36)33-25-10-6-9-23(19-25)29(35)32-18-17-21-7-2-1-3-8-21/h1-16,19,28,33H,17-18,20H2,(H,32,35). The van der Waals surface area contributed by atoms with Gasteiger partial charge in [-0.25, -0.2) is 4.39 Å². The highest BCUT2D eigenvalue weighted by molar-refractivity contribution is 5.99. The van der Waals surface area contributed by atoms with Gasteiger partial charge in [0.1, 0.15) is 12.0 Å². The lowest BCUT2D eigenvalue weighted by molar-refractivity contribution is 0.0728. The van der Waals surface area contributed by atoms with Crippen molar-refractivity contribution in [2.24, 2.45) is 0 Å². The number of halogens is 1. The van der Waals surface area contributed by atoms with Crippen LogP contribution in [0.4, 0.5) is 10.1 Å². The van der Waals surface area contributed by atoms with Crippen molar-refractivity contribution in [2.75, 3.05) is 11.9 Å². The summed E-state index contributed by atoms with van der Waals surface area (Å²) < 4.78 is 13.4. The average Bonchev–Trinajstić information content (AvgIpc) is 3.17. The minimum absolute atomic E-state index is 0.0952. The van der Waals surface area contributed by atoms with Crippen molar-refractivity contribution in [2.45, 2.75) is 19.1 Å². The maximum atomic E-state index is 13.4. The van der Waals surface area contributed by atoms with Gasteiger partial charge in [-0.2, -0.15) is 0 Å². The monoisotopic (exact) mass is 479 g/mol. The van der Waals surface area contributed by atoms with Crippen molar-refractivity contribution in [3.63, 3.8) is 0 Å². The van der Waals surface area contributed by atoms with Gasteiger partial charge in [-0.3, -0.25) is 9.59 Å². The summed E-state index contributed by atoms with van der Waals surface area (Å²) >= 11 is 0. The number of carbonyl (C=O) groups is 2. The third-order valence-corrected chi connectivity index (χ3v) is 6.29. The smallest absolute Gasteiger partial charge is 0.256 e. The molecule has 1 aliphatic heterocycles. The van der Waals surface area contributed by atoms with Crippen LogP contribution in [0.2, 0.25) is 0 Å². The van der Waals surface area contributed by atoms with Gasteiger partial charge in [0, 0.05) is 35.5 Å². The van der Waals surface area contributed by atoms with E-state index in [9.17, 15) is 14.0 Å². The third kappa shape index (κ3) is 5.13. The molecule has 2 amide bonds. The van der Waals surface area contributed by atoms with Crippen LogP contribution < -0.4 is 10.6 Å². The number of hydrogen-bond donors (Lipinski definition) is 2. The van der Waals surface area contributed by atoms with E-state index in [1.54, 1.807) is 29.2 Å². The zero-order valence-corrected chi connectivity index (χ0v) is 19.7. The highest BCUT2D eigenvalue weighted by Gasteiger charge is 2.36. The quantitative estimate of drug-likeness (QED) is 0.348. The number of anilines is 1. The summed E-state index contributed by atoms with van der Waals surface area (Å²) in [5, 5.41) is 6.41. The lowest BCUT2D eigenvalue weighted by atomic mass is 10.1. The normalized spacial score (nSPS) is 14.4. The van der Waals surface area contributed by atoms with Crippen molar-refractivity contribution in [3.8, 4) is 0 Å². The molecule has 0 aliphatic carbocycles. The molecule has 0 fully saturated rings. The van der Waals surface area contributed by atoms with Crippen LogP contribution in [0.3, 0.4) is 0 Å². The summed E-state index contributed by atoms with van der Waals surface area (Å²) in [7, 11) is 0. The van der Waals surface area contributed by atoms with Crippen molar-refractivity contribution in [1.29, 1.82) is 0 Å². The fraction of sp³-hybridized carbons (Fsp3) is 0.133. The van der Waals surface area contributed by atoms with Gasteiger partial charge in [0.25, 0.3) is 11.8 Å². The Hall–Kier alpha value is -4.45. The van der Waals surface area contributed by atoms with E-state index < -0.39 is 6.17 Å². The summed E-state index contributed by atoms with van der Waals surface area (Å²) in [6.45, 7) is 0.863. The SMILES string of the molecule is O=C(NCCc1ccccc1)c1cccc(NC2c3ccccc3C(=O)N2Cc2ccc(F)cc2)c1. The minimum Gasteiger partial charge on any atom is -0.361 e. The van der Waals surface area contributed by atoms with Gasteiger partial charge in [0.15, 0.2) is 0 Å². The number of hydrogen-bond acceptors (Lipinski definition) is 3. The average molecular weight is 480 g/mol. The number of nitrogens with zero attached hydrogens (tertiary/aromatic N) is 1. The summed E-state index contributed by atoms with van der Waals surface area (Å²) in [6, 6.07) is 30.9. The Morgan fingerprint density at radius 2 is 1.58 bits per heavy atom. The Labute approximate surface area is 209 Å². The second-order valence-corrected chi connectivity index (χ2v) is 8.77. The maximum Gasteiger partial charge on any atom is 0.256 e. The van der Waals surface area contributed by atoms with Gasteiger partial charge in [0.2, 0.25) is 0 Å². The van der Waals surface area contributed by atoms with E-state index in [-0.39, 0.29) is 17.6 Å². The molecule has 0 radical (unpaired) electrons. The first kappa shape index (κ1) is 23.3. The summed E-state index contributed by atoms with van der Waals surface area (Å²) in [5.41, 5.74) is 4.75. The highest BCUT2D eigenvalue weighted by atomic mass is 19.1. The molecule has 5 nitrogen and oxygen atoms in total. The number of rotatable bonds is 8. The lowest BCUT2D eigenvalue weighted by Gasteiger charge is -2.27. The second kappa shape index (κ2) is 10.4. The molecule has 5 rings (SSSR count). The van der Waals surface area contributed by atoms with Crippen molar-refractivity contribution >= 4 is 17.5 Å². The third-order valence-electron chi connectivity index (χ3n) is 6.29. The second-order valence-electron chi connectivity index (χ2n) is 8.77. The molecule has 36 heavy (non-hydrogen) atoms. The van der Waals surface area contributed by atoms with E-state index in [4.69, 9.17) is 0 Å². The van der Waals surface area contributed by atoms with Crippen LogP contribution in [0.5, 0.6) is 0 Å². The molecule has 0 spiro atoms. The molecule has 4 aromatic carbocycles. The first-order valence-corrected chi connectivity index (χ1v) is 11.9. The first-order chi connectivity index (χ1) is 17.6. The van der Waals surface area contributed by atoms with E-state index >= 15 is 0 Å². The minimum atomic E-state index is -0.421. The predicted molar refractivity (Wildman–Crippen MR) is 138 cm³/mol. The Morgan fingerprint density at radius 3 is 2.39 bits per heavy atom. The van der Waals surface area contributed by atoms with Gasteiger partial charge >= 0.3 is 0 Å². The van der Waals surface area contributed by atoms with Crippen LogP contribution in [0.25, 0.3) is 0 Å². The summed E-state index contributed by atoms with van der Waals surface area (Å²) in [6.07, 6.45) is 0.333. The van der Waals surface area contributed by atoms with Gasteiger partial charge < -0.3 is 15.5 Å². The van der Waals surface area contributed by atoms with Crippen LogP contribution >= 0.6 is 0 Å². The van der Waals surface area contributed by atoms with E-state index in [0.717, 1.165) is 23.2 Å². The molecule has 1 atom stereocenters. The highest BCUT2D eigenvalue weighted by Crippen LogP contribution is 2.35. The number of amides is 2. The molecule has 0 saturated carbocycles. The molecule has 0 aromatic heterocycles. The maximum absolute atomic E-state index is 13.4. The van der Waals surface area contributed by atoms with Crippen molar-refractivity contribution in [3.05, 3.63) is 137 Å². The van der Waals surface area contributed by atoms with Gasteiger partial charge in [0.05, 0.1) is 0 Å². The number of nitrogens with one attached hydrogen (secondary N) is 2. The lowest BCUT2D eigenvalue weighted by Crippen LogP contribution is -2.32. The summed E-state index contributed by atoms with van der Waals surface area (Å²) in [5.74, 6) is -0.564. The number of carbonyl (C=O) groups excluding carboxylic acids is 2. The fourth-order valence-corrected chi connectivity index (χ4v) is 4.45. The largest absolute Gasteiger partial charge is 0.361 e. The molecular weight excluding hydrogens is 453 g/mol. The first-order valence-electron chi connectivity index (χ1n) is 11.9. The molecule has 6 heteroatoms. The van der Waals surface area contributed by atoms with Gasteiger partial charge in [-0.05, 0) is 53.9 Å². The van der Waals surface area contributed by atoms with Gasteiger partial charge in [-0.15, -0.1) is 0 Å². The van der Waals surface area contributed by atoms with Crippen LogP contribution in [0.15, 0.2) is 103 Å². The molecule has 2 N–H and O–H groups in total. The number of fused-ring (bicyclic) bond motifs is 1. The Morgan fingerprint density at radius 1 is 0.833 bits per heavy atom. The zero-order chi connectivity index (χ0) is 24.9. The number of benzene rings is 4. The van der Waals surface area contributed by atoms with Crippen LogP contribution in [0.1, 0.15) is 43.6 Å². The zero-order valence-electron chi connectivity index (χ0n) is 19.7. The predicted octanol–water partition coefficient (Wildman–Crippen LogP) is 5.56. The molecule has 180 valence electrons. The van der Waals surface area contributed by atoms with E-state index in [1.165, 1.54) is 17.7 Å². The molecule has 1 aliphatic rings. The van der Waals surface area contributed by atoms with E-state index in [0.29, 0.717) is 24.2 Å². The van der Waals surface area contributed by atoms with Crippen LogP contribution in [-0.2, 0) is 13.0 Å². The molecule has 4 aromatic rings. The Balaban J connectivity index is 1.32. The molecule has 1 heterocycles. The van der Waals surface area contributed by atoms with Crippen molar-refractivity contribution < 1.29 is 14.0 Å². The van der Waals surface area contributed by atoms with Crippen molar-refractivity contribution in [1.82, 2.24) is 10.2 Å². The molecular formula is C30H26FN3O2. The topological polar surface area (TPSA) is 61.4 Å². The van der Waals surface area contributed by atoms with Crippen LogP contribution in [-0.4, -0.2) is 23.3 Å². The Kier molecular flexibility index (Phi) is 6.76. The Bertz CT molecular complexity index is 1370. The molecule has 0 bridgehead atoms. The summed E-state index contributed by atoms with van der Waals surface area (Å²) in [4.78, 5) is 27.7. The van der Waals surface area contributed by atoms with Gasteiger partial charge in [-0.1, -0.05) is 66.7 Å². The van der Waals surface area contributed by atoms with E-state index in [2.05, 4.69) is 10.6 Å². The fourth-order valence-electron chi connectivity index (χ4n) is 4.45. The van der Waals surface area contributed by atoms with E-state index in [1.807, 2.05) is 66.7 Å². The van der Waals surface area contributed by atoms with Crippen LogP contribution in [0, 0.1) is 5.82 Å². The molecule has 1 unspecified atom stereocenters.